The van der Waals surface area contributed by atoms with Gasteiger partial charge in [0.15, 0.2) is 0 Å². The quantitative estimate of drug-likeness (QED) is 0.103. The first-order chi connectivity index (χ1) is 18.3. The van der Waals surface area contributed by atoms with Gasteiger partial charge in [0.05, 0.1) is 5.41 Å². The van der Waals surface area contributed by atoms with Crippen molar-refractivity contribution in [1.29, 1.82) is 0 Å². The Hall–Kier alpha value is -1.51. The zero-order valence-electron chi connectivity index (χ0n) is 29.3. The van der Waals surface area contributed by atoms with Gasteiger partial charge in [-0.05, 0) is 106 Å². The van der Waals surface area contributed by atoms with E-state index in [9.17, 15) is 9.90 Å². The van der Waals surface area contributed by atoms with Crippen LogP contribution in [0.2, 0.25) is 0 Å². The van der Waals surface area contributed by atoms with Crippen molar-refractivity contribution in [2.75, 3.05) is 0 Å². The predicted octanol–water partition coefficient (Wildman–Crippen LogP) is 11.8. The molecule has 2 unspecified atom stereocenters. The molecule has 234 valence electrons. The summed E-state index contributed by atoms with van der Waals surface area (Å²) >= 11 is 0. The summed E-state index contributed by atoms with van der Waals surface area (Å²) in [4.78, 5) is 14.8. The SMILES string of the molecule is C=C(O)/C=C\C(=C)C(CC(C)(CC)CC)C(CC)(CC)C(CC)(CC)C(C)(C(=O)OC(C)(C)C)C(C)(CC)CC. The summed E-state index contributed by atoms with van der Waals surface area (Å²) in [5, 5.41) is 9.97. The molecule has 1 N–H and O–H groups in total. The number of allylic oxidation sites excluding steroid dienone is 3. The van der Waals surface area contributed by atoms with E-state index in [1.807, 2.05) is 26.8 Å². The van der Waals surface area contributed by atoms with Crippen molar-refractivity contribution in [1.82, 2.24) is 0 Å². The summed E-state index contributed by atoms with van der Waals surface area (Å²) in [5.74, 6) is 0.0776. The van der Waals surface area contributed by atoms with E-state index in [-0.39, 0.29) is 39.3 Å². The Balaban J connectivity index is 8.11. The van der Waals surface area contributed by atoms with Crippen molar-refractivity contribution in [2.45, 2.75) is 160 Å². The number of carbonyl (C=O) groups is 1. The van der Waals surface area contributed by atoms with Crippen molar-refractivity contribution < 1.29 is 14.6 Å². The number of esters is 1. The zero-order valence-corrected chi connectivity index (χ0v) is 29.3. The van der Waals surface area contributed by atoms with Gasteiger partial charge in [0.25, 0.3) is 0 Å². The lowest BCUT2D eigenvalue weighted by Gasteiger charge is -2.66. The third-order valence-corrected chi connectivity index (χ3v) is 12.0. The first kappa shape index (κ1) is 38.5. The molecule has 0 aliphatic rings. The van der Waals surface area contributed by atoms with Crippen molar-refractivity contribution in [3.63, 3.8) is 0 Å². The molecule has 0 aromatic rings. The second-order valence-corrected chi connectivity index (χ2v) is 14.2. The average molecular weight is 561 g/mol. The van der Waals surface area contributed by atoms with Crippen LogP contribution in [-0.2, 0) is 9.53 Å². The molecule has 0 bridgehead atoms. The van der Waals surface area contributed by atoms with Gasteiger partial charge in [-0.2, -0.15) is 0 Å². The van der Waals surface area contributed by atoms with Gasteiger partial charge in [0.2, 0.25) is 0 Å². The van der Waals surface area contributed by atoms with Crippen molar-refractivity contribution in [2.24, 2.45) is 33.0 Å². The van der Waals surface area contributed by atoms with Crippen LogP contribution in [0.25, 0.3) is 0 Å². The highest BCUT2D eigenvalue weighted by Gasteiger charge is 2.68. The lowest BCUT2D eigenvalue weighted by Crippen LogP contribution is -2.64. The summed E-state index contributed by atoms with van der Waals surface area (Å²) in [5.41, 5.74) is -1.06. The van der Waals surface area contributed by atoms with Crippen molar-refractivity contribution in [3.8, 4) is 0 Å². The van der Waals surface area contributed by atoms with Gasteiger partial charge in [-0.1, -0.05) is 107 Å². The smallest absolute Gasteiger partial charge is 0.313 e. The van der Waals surface area contributed by atoms with Gasteiger partial charge in [0, 0.05) is 0 Å². The highest BCUT2D eigenvalue weighted by atomic mass is 16.6. The van der Waals surface area contributed by atoms with Gasteiger partial charge in [0.1, 0.15) is 11.4 Å². The maximum absolute atomic E-state index is 14.8. The van der Waals surface area contributed by atoms with Gasteiger partial charge >= 0.3 is 5.97 Å². The van der Waals surface area contributed by atoms with Crippen LogP contribution in [-0.4, -0.2) is 16.7 Å². The largest absolute Gasteiger partial charge is 0.509 e. The fraction of sp³-hybridized carbons (Fsp3) is 0.811. The molecule has 0 aromatic carbocycles. The highest BCUT2D eigenvalue weighted by molar-refractivity contribution is 5.79. The summed E-state index contributed by atoms with van der Waals surface area (Å²) in [6.45, 7) is 39.5. The minimum absolute atomic E-state index is 0.0348. The van der Waals surface area contributed by atoms with E-state index >= 15 is 0 Å². The first-order valence-electron chi connectivity index (χ1n) is 16.3. The monoisotopic (exact) mass is 561 g/mol. The van der Waals surface area contributed by atoms with Crippen LogP contribution in [0.4, 0.5) is 0 Å². The van der Waals surface area contributed by atoms with Gasteiger partial charge in [-0.3, -0.25) is 4.79 Å². The van der Waals surface area contributed by atoms with Crippen LogP contribution < -0.4 is 0 Å². The molecule has 0 fully saturated rings. The Morgan fingerprint density at radius 3 is 1.48 bits per heavy atom. The molecule has 0 saturated heterocycles. The van der Waals surface area contributed by atoms with Crippen LogP contribution in [0.5, 0.6) is 0 Å². The third-order valence-electron chi connectivity index (χ3n) is 12.0. The fourth-order valence-corrected chi connectivity index (χ4v) is 8.30. The number of aliphatic hydroxyl groups is 1. The highest BCUT2D eigenvalue weighted by Crippen LogP contribution is 2.71. The van der Waals surface area contributed by atoms with Crippen LogP contribution in [0, 0.1) is 33.0 Å². The Labute approximate surface area is 250 Å². The number of ether oxygens (including phenoxy) is 1. The molecule has 3 heteroatoms. The third kappa shape index (κ3) is 7.09. The van der Waals surface area contributed by atoms with Gasteiger partial charge < -0.3 is 9.84 Å². The average Bonchev–Trinajstić information content (AvgIpc) is 2.91. The molecule has 0 heterocycles. The number of rotatable bonds is 18. The normalized spacial score (nSPS) is 16.1. The van der Waals surface area contributed by atoms with Crippen molar-refractivity contribution in [3.05, 3.63) is 36.6 Å². The van der Waals surface area contributed by atoms with Gasteiger partial charge in [-0.25, -0.2) is 0 Å². The van der Waals surface area contributed by atoms with Crippen LogP contribution in [0.15, 0.2) is 36.6 Å². The molecular formula is C37H68O3. The summed E-state index contributed by atoms with van der Waals surface area (Å²) in [6, 6.07) is 0. The molecule has 0 amide bonds. The summed E-state index contributed by atoms with van der Waals surface area (Å²) < 4.78 is 6.39. The molecule has 3 nitrogen and oxygen atoms in total. The fourth-order valence-electron chi connectivity index (χ4n) is 8.30. The Kier molecular flexibility index (Phi) is 14.0. The minimum Gasteiger partial charge on any atom is -0.509 e. The first-order valence-corrected chi connectivity index (χ1v) is 16.3. The predicted molar refractivity (Wildman–Crippen MR) is 176 cm³/mol. The maximum atomic E-state index is 14.8. The maximum Gasteiger partial charge on any atom is 0.313 e. The zero-order chi connectivity index (χ0) is 31.8. The molecule has 0 aliphatic carbocycles. The molecule has 0 radical (unpaired) electrons. The van der Waals surface area contributed by atoms with E-state index in [2.05, 4.69) is 89.3 Å². The lowest BCUT2D eigenvalue weighted by molar-refractivity contribution is -0.219. The molecule has 0 aromatic heterocycles. The Morgan fingerprint density at radius 2 is 1.18 bits per heavy atom. The van der Waals surface area contributed by atoms with Crippen LogP contribution in [0.1, 0.15) is 155 Å². The van der Waals surface area contributed by atoms with Crippen molar-refractivity contribution >= 4 is 5.97 Å². The molecule has 0 spiro atoms. The van der Waals surface area contributed by atoms with E-state index in [0.717, 1.165) is 63.4 Å². The minimum atomic E-state index is -0.746. The molecule has 0 rings (SSSR count). The molecule has 0 aliphatic heterocycles. The molecule has 40 heavy (non-hydrogen) atoms. The lowest BCUT2D eigenvalue weighted by atomic mass is 9.37. The molecule has 0 saturated carbocycles. The Morgan fingerprint density at radius 1 is 0.725 bits per heavy atom. The summed E-state index contributed by atoms with van der Waals surface area (Å²) in [7, 11) is 0. The van der Waals surface area contributed by atoms with E-state index in [0.29, 0.717) is 0 Å². The second kappa shape index (κ2) is 14.6. The molecule has 2 atom stereocenters. The standard InChI is InChI=1S/C37H68O3/c1-17-33(14,18-2)27-30(28(9)25-26-29(10)38)36(21-5,22-6)37(23-7,24-8)35(16,34(15,19-3)20-4)31(39)40-32(11,12)13/h25-26,30,38H,9-10,17-24,27H2,1-8,11-16H3/b26-25-. The van der Waals surface area contributed by atoms with E-state index < -0.39 is 11.0 Å². The van der Waals surface area contributed by atoms with Crippen LogP contribution in [0.3, 0.4) is 0 Å². The number of carbonyl (C=O) groups excluding carboxylic acids is 1. The van der Waals surface area contributed by atoms with E-state index in [1.54, 1.807) is 6.08 Å². The topological polar surface area (TPSA) is 46.5 Å². The summed E-state index contributed by atoms with van der Waals surface area (Å²) in [6.07, 6.45) is 12.1. The van der Waals surface area contributed by atoms with Crippen LogP contribution >= 0.6 is 0 Å². The number of aliphatic hydroxyl groups excluding tert-OH is 1. The van der Waals surface area contributed by atoms with E-state index in [4.69, 9.17) is 4.74 Å². The van der Waals surface area contributed by atoms with E-state index in [1.165, 1.54) is 0 Å². The Bertz CT molecular complexity index is 854. The number of hydrogen-bond donors (Lipinski definition) is 1. The van der Waals surface area contributed by atoms with Gasteiger partial charge in [-0.15, -0.1) is 0 Å². The number of hydrogen-bond acceptors (Lipinski definition) is 3. The molecular weight excluding hydrogens is 492 g/mol. The second-order valence-electron chi connectivity index (χ2n) is 14.2.